The van der Waals surface area contributed by atoms with Crippen LogP contribution in [0.2, 0.25) is 4.34 Å². The molecule has 0 spiro atoms. The Morgan fingerprint density at radius 1 is 1.14 bits per heavy atom. The smallest absolute Gasteiger partial charge is 0.236 e. The van der Waals surface area contributed by atoms with E-state index in [1.54, 1.807) is 23.1 Å². The van der Waals surface area contributed by atoms with E-state index in [2.05, 4.69) is 17.1 Å². The lowest BCUT2D eigenvalue weighted by Crippen LogP contribution is -1.83. The average Bonchev–Trinajstić information content (AvgIpc) is 3.09. The molecule has 0 amide bonds. The van der Waals surface area contributed by atoms with Gasteiger partial charge in [0.25, 0.3) is 0 Å². The van der Waals surface area contributed by atoms with Crippen LogP contribution in [0.1, 0.15) is 16.3 Å². The summed E-state index contributed by atoms with van der Waals surface area (Å²) in [7, 11) is 0. The molecule has 0 bridgehead atoms. The van der Waals surface area contributed by atoms with Gasteiger partial charge in [0.2, 0.25) is 11.7 Å². The molecule has 2 heterocycles. The lowest BCUT2D eigenvalue weighted by atomic mass is 10.1. The summed E-state index contributed by atoms with van der Waals surface area (Å²) in [6.45, 7) is 2.05. The Morgan fingerprint density at radius 3 is 2.67 bits per heavy atom. The van der Waals surface area contributed by atoms with E-state index in [-0.39, 0.29) is 0 Å². The summed E-state index contributed by atoms with van der Waals surface area (Å²) in [5.74, 6) is 2.90. The van der Waals surface area contributed by atoms with Gasteiger partial charge in [0.1, 0.15) is 0 Å². The predicted molar refractivity (Wildman–Crippen MR) is 88.8 cm³/mol. The number of aromatic nitrogens is 2. The first-order chi connectivity index (χ1) is 10.2. The van der Waals surface area contributed by atoms with Crippen molar-refractivity contribution in [3.63, 3.8) is 0 Å². The van der Waals surface area contributed by atoms with Crippen LogP contribution in [0.15, 0.2) is 40.9 Å². The molecule has 0 fully saturated rings. The fraction of sp³-hybridized carbons (Fsp3) is 0.200. The van der Waals surface area contributed by atoms with Crippen LogP contribution in [-0.2, 0) is 11.5 Å². The van der Waals surface area contributed by atoms with Crippen LogP contribution < -0.4 is 0 Å². The highest BCUT2D eigenvalue weighted by molar-refractivity contribution is 7.97. The van der Waals surface area contributed by atoms with Crippen molar-refractivity contribution in [1.82, 2.24) is 10.1 Å². The van der Waals surface area contributed by atoms with Crippen molar-refractivity contribution in [3.05, 3.63) is 57.1 Å². The first-order valence-corrected chi connectivity index (χ1v) is 8.77. The lowest BCUT2D eigenvalue weighted by Gasteiger charge is -1.95. The number of hydrogen-bond acceptors (Lipinski definition) is 5. The second kappa shape index (κ2) is 6.64. The molecule has 108 valence electrons. The van der Waals surface area contributed by atoms with Gasteiger partial charge in [-0.25, -0.2) is 0 Å². The van der Waals surface area contributed by atoms with Crippen LogP contribution in [0.3, 0.4) is 0 Å². The van der Waals surface area contributed by atoms with Gasteiger partial charge in [-0.2, -0.15) is 4.98 Å². The number of nitrogens with zero attached hydrogens (tertiary/aromatic N) is 2. The highest BCUT2D eigenvalue weighted by Gasteiger charge is 2.08. The van der Waals surface area contributed by atoms with Gasteiger partial charge < -0.3 is 4.52 Å². The van der Waals surface area contributed by atoms with Crippen molar-refractivity contribution in [2.75, 3.05) is 0 Å². The van der Waals surface area contributed by atoms with Crippen LogP contribution in [-0.4, -0.2) is 10.1 Å². The summed E-state index contributed by atoms with van der Waals surface area (Å²) < 4.78 is 6.11. The fourth-order valence-corrected chi connectivity index (χ4v) is 3.86. The van der Waals surface area contributed by atoms with Crippen LogP contribution in [0, 0.1) is 6.92 Å². The molecule has 0 aliphatic rings. The number of hydrogen-bond donors (Lipinski definition) is 0. The van der Waals surface area contributed by atoms with E-state index in [1.165, 1.54) is 10.4 Å². The molecule has 1 aromatic carbocycles. The minimum Gasteiger partial charge on any atom is -0.338 e. The van der Waals surface area contributed by atoms with Gasteiger partial charge >= 0.3 is 0 Å². The zero-order valence-corrected chi connectivity index (χ0v) is 13.8. The topological polar surface area (TPSA) is 38.9 Å². The third-order valence-corrected chi connectivity index (χ3v) is 5.26. The predicted octanol–water partition coefficient (Wildman–Crippen LogP) is 5.19. The van der Waals surface area contributed by atoms with E-state index in [0.29, 0.717) is 17.5 Å². The largest absolute Gasteiger partial charge is 0.338 e. The van der Waals surface area contributed by atoms with E-state index in [4.69, 9.17) is 16.1 Å². The molecule has 0 aliphatic heterocycles. The van der Waals surface area contributed by atoms with Crippen molar-refractivity contribution < 1.29 is 4.52 Å². The van der Waals surface area contributed by atoms with E-state index in [9.17, 15) is 0 Å². The van der Waals surface area contributed by atoms with Gasteiger partial charge in [-0.05, 0) is 19.1 Å². The molecule has 6 heteroatoms. The summed E-state index contributed by atoms with van der Waals surface area (Å²) in [6, 6.07) is 12.1. The molecule has 0 aliphatic carbocycles. The number of thiophene rings is 1. The van der Waals surface area contributed by atoms with E-state index in [1.807, 2.05) is 36.4 Å². The van der Waals surface area contributed by atoms with Crippen molar-refractivity contribution in [3.8, 4) is 11.4 Å². The molecule has 0 saturated heterocycles. The Kier molecular flexibility index (Phi) is 4.63. The molecule has 21 heavy (non-hydrogen) atoms. The summed E-state index contributed by atoms with van der Waals surface area (Å²) in [5.41, 5.74) is 2.19. The Labute approximate surface area is 136 Å². The van der Waals surface area contributed by atoms with Gasteiger partial charge in [-0.1, -0.05) is 46.6 Å². The molecule has 0 saturated carbocycles. The third kappa shape index (κ3) is 3.87. The maximum absolute atomic E-state index is 5.91. The molecule has 3 rings (SSSR count). The molecule has 0 unspecified atom stereocenters. The normalized spacial score (nSPS) is 11.0. The number of aryl methyl sites for hydroxylation is 1. The maximum atomic E-state index is 5.91. The Hall–Kier alpha value is -1.30. The SMILES string of the molecule is Cc1ccc(-c2noc(CSCc3ccc(Cl)s3)n2)cc1. The first-order valence-electron chi connectivity index (χ1n) is 6.42. The van der Waals surface area contributed by atoms with Crippen LogP contribution in [0.4, 0.5) is 0 Å². The van der Waals surface area contributed by atoms with E-state index < -0.39 is 0 Å². The lowest BCUT2D eigenvalue weighted by molar-refractivity contribution is 0.391. The second-order valence-electron chi connectivity index (χ2n) is 4.58. The molecule has 0 N–H and O–H groups in total. The summed E-state index contributed by atoms with van der Waals surface area (Å²) in [5, 5.41) is 4.03. The van der Waals surface area contributed by atoms with Crippen LogP contribution in [0.25, 0.3) is 11.4 Å². The number of thioether (sulfide) groups is 1. The monoisotopic (exact) mass is 336 g/mol. The van der Waals surface area contributed by atoms with Gasteiger partial charge in [0.15, 0.2) is 0 Å². The molecule has 3 nitrogen and oxygen atoms in total. The van der Waals surface area contributed by atoms with Crippen molar-refractivity contribution >= 4 is 34.7 Å². The van der Waals surface area contributed by atoms with E-state index >= 15 is 0 Å². The molecule has 3 aromatic rings. The highest BCUT2D eigenvalue weighted by Crippen LogP contribution is 2.26. The molecule has 0 radical (unpaired) electrons. The zero-order valence-electron chi connectivity index (χ0n) is 11.4. The Balaban J connectivity index is 1.59. The third-order valence-electron chi connectivity index (χ3n) is 2.88. The number of halogens is 1. The Bertz CT molecular complexity index is 721. The minimum atomic E-state index is 0.643. The zero-order chi connectivity index (χ0) is 14.7. The van der Waals surface area contributed by atoms with Gasteiger partial charge in [0, 0.05) is 16.2 Å². The summed E-state index contributed by atoms with van der Waals surface area (Å²) in [6.07, 6.45) is 0. The van der Waals surface area contributed by atoms with Gasteiger partial charge in [-0.3, -0.25) is 0 Å². The van der Waals surface area contributed by atoms with Crippen molar-refractivity contribution in [2.24, 2.45) is 0 Å². The molecular weight excluding hydrogens is 324 g/mol. The quantitative estimate of drug-likeness (QED) is 0.642. The Morgan fingerprint density at radius 2 is 1.95 bits per heavy atom. The van der Waals surface area contributed by atoms with Crippen molar-refractivity contribution in [2.45, 2.75) is 18.4 Å². The number of benzene rings is 1. The molecule has 0 atom stereocenters. The van der Waals surface area contributed by atoms with Crippen molar-refractivity contribution in [1.29, 1.82) is 0 Å². The van der Waals surface area contributed by atoms with Crippen LogP contribution >= 0.6 is 34.7 Å². The molecular formula is C15H13ClN2OS2. The van der Waals surface area contributed by atoms with Crippen LogP contribution in [0.5, 0.6) is 0 Å². The molecule has 2 aromatic heterocycles. The average molecular weight is 337 g/mol. The highest BCUT2D eigenvalue weighted by atomic mass is 35.5. The fourth-order valence-electron chi connectivity index (χ4n) is 1.80. The summed E-state index contributed by atoms with van der Waals surface area (Å²) in [4.78, 5) is 5.68. The second-order valence-corrected chi connectivity index (χ2v) is 7.36. The number of rotatable bonds is 5. The maximum Gasteiger partial charge on any atom is 0.236 e. The van der Waals surface area contributed by atoms with Gasteiger partial charge in [0.05, 0.1) is 10.1 Å². The van der Waals surface area contributed by atoms with Gasteiger partial charge in [-0.15, -0.1) is 23.1 Å². The minimum absolute atomic E-state index is 0.643. The van der Waals surface area contributed by atoms with E-state index in [0.717, 1.165) is 15.7 Å². The standard InChI is InChI=1S/C15H13ClN2OS2/c1-10-2-4-11(5-3-10)15-17-14(19-18-15)9-20-8-12-6-7-13(16)21-12/h2-7H,8-9H2,1H3. The summed E-state index contributed by atoms with van der Waals surface area (Å²) >= 11 is 9.25. The first kappa shape index (κ1) is 14.6.